The van der Waals surface area contributed by atoms with Gasteiger partial charge in [-0.15, -0.1) is 6.58 Å². The summed E-state index contributed by atoms with van der Waals surface area (Å²) in [5, 5.41) is 8.68. The highest BCUT2D eigenvalue weighted by Crippen LogP contribution is 2.09. The van der Waals surface area contributed by atoms with Gasteiger partial charge in [-0.05, 0) is 18.6 Å². The Morgan fingerprint density at radius 3 is 3.00 bits per heavy atom. The molecule has 0 unspecified atom stereocenters. The Morgan fingerprint density at radius 1 is 1.79 bits per heavy atom. The van der Waals surface area contributed by atoms with Crippen molar-refractivity contribution in [1.29, 1.82) is 5.26 Å². The smallest absolute Gasteiger partial charge is 0.269 e. The number of rotatable bonds is 3. The maximum atomic E-state index is 11.7. The van der Waals surface area contributed by atoms with Crippen LogP contribution in [0.25, 0.3) is 0 Å². The summed E-state index contributed by atoms with van der Waals surface area (Å²) in [6.45, 7) is 5.63. The quantitative estimate of drug-likeness (QED) is 0.679. The Morgan fingerprint density at radius 2 is 2.50 bits per heavy atom. The first-order valence-electron chi connectivity index (χ1n) is 4.48. The van der Waals surface area contributed by atoms with Crippen molar-refractivity contribution in [3.63, 3.8) is 0 Å². The summed E-state index contributed by atoms with van der Waals surface area (Å²) >= 11 is 0. The maximum Gasteiger partial charge on any atom is 0.269 e. The molecule has 1 aromatic rings. The van der Waals surface area contributed by atoms with Crippen LogP contribution in [0.1, 0.15) is 24.9 Å². The fourth-order valence-electron chi connectivity index (χ4n) is 1.33. The van der Waals surface area contributed by atoms with E-state index in [9.17, 15) is 4.79 Å². The zero-order valence-electron chi connectivity index (χ0n) is 8.10. The van der Waals surface area contributed by atoms with Crippen LogP contribution in [-0.4, -0.2) is 4.57 Å². The van der Waals surface area contributed by atoms with Gasteiger partial charge >= 0.3 is 0 Å². The zero-order chi connectivity index (χ0) is 10.6. The van der Waals surface area contributed by atoms with E-state index < -0.39 is 0 Å². The van der Waals surface area contributed by atoms with Gasteiger partial charge in [-0.2, -0.15) is 5.26 Å². The van der Waals surface area contributed by atoms with Gasteiger partial charge in [-0.1, -0.05) is 13.0 Å². The largest absolute Gasteiger partial charge is 0.308 e. The van der Waals surface area contributed by atoms with E-state index in [1.54, 1.807) is 18.3 Å². The molecule has 0 radical (unpaired) electrons. The molecule has 0 fully saturated rings. The predicted octanol–water partition coefficient (Wildman–Crippen LogP) is 1.86. The minimum atomic E-state index is -0.248. The molecule has 1 aromatic heterocycles. The molecule has 1 atom stereocenters. The monoisotopic (exact) mass is 188 g/mol. The second-order valence-corrected chi connectivity index (χ2v) is 2.96. The van der Waals surface area contributed by atoms with Crippen LogP contribution >= 0.6 is 0 Å². The molecule has 0 amide bonds. The molecule has 0 N–H and O–H groups in total. The molecule has 3 nitrogen and oxygen atoms in total. The Labute approximate surface area is 82.9 Å². The molecule has 0 aliphatic carbocycles. The van der Waals surface area contributed by atoms with Crippen LogP contribution < -0.4 is 5.56 Å². The molecule has 1 heterocycles. The molecule has 1 rings (SSSR count). The van der Waals surface area contributed by atoms with Crippen LogP contribution in [0.15, 0.2) is 35.8 Å². The molecule has 0 aliphatic heterocycles. The molecule has 14 heavy (non-hydrogen) atoms. The van der Waals surface area contributed by atoms with Gasteiger partial charge in [0.1, 0.15) is 11.6 Å². The van der Waals surface area contributed by atoms with Gasteiger partial charge in [0.05, 0.1) is 6.04 Å². The normalized spacial score (nSPS) is 11.7. The van der Waals surface area contributed by atoms with E-state index in [0.29, 0.717) is 0 Å². The number of nitriles is 1. The first-order valence-corrected chi connectivity index (χ1v) is 4.48. The molecule has 72 valence electrons. The number of hydrogen-bond acceptors (Lipinski definition) is 2. The zero-order valence-corrected chi connectivity index (χ0v) is 8.10. The van der Waals surface area contributed by atoms with Gasteiger partial charge < -0.3 is 4.57 Å². The van der Waals surface area contributed by atoms with Crippen molar-refractivity contribution in [3.8, 4) is 6.07 Å². The minimum absolute atomic E-state index is 0.0317. The van der Waals surface area contributed by atoms with Gasteiger partial charge in [0, 0.05) is 6.20 Å². The van der Waals surface area contributed by atoms with Gasteiger partial charge in [0.15, 0.2) is 0 Å². The van der Waals surface area contributed by atoms with Crippen molar-refractivity contribution in [1.82, 2.24) is 4.57 Å². The summed E-state index contributed by atoms with van der Waals surface area (Å²) in [7, 11) is 0. The van der Waals surface area contributed by atoms with E-state index in [-0.39, 0.29) is 17.2 Å². The summed E-state index contributed by atoms with van der Waals surface area (Å²) in [5.41, 5.74) is -0.0745. The summed E-state index contributed by atoms with van der Waals surface area (Å²) in [4.78, 5) is 11.7. The highest BCUT2D eigenvalue weighted by Gasteiger charge is 2.07. The molecule has 0 bridgehead atoms. The third-order valence-electron chi connectivity index (χ3n) is 2.14. The van der Waals surface area contributed by atoms with Crippen molar-refractivity contribution < 1.29 is 0 Å². The fourth-order valence-corrected chi connectivity index (χ4v) is 1.33. The predicted molar refractivity (Wildman–Crippen MR) is 54.9 cm³/mol. The van der Waals surface area contributed by atoms with Crippen LogP contribution in [0.2, 0.25) is 0 Å². The average molecular weight is 188 g/mol. The fraction of sp³-hybridized carbons (Fsp3) is 0.273. The lowest BCUT2D eigenvalue weighted by Crippen LogP contribution is -2.24. The topological polar surface area (TPSA) is 45.8 Å². The van der Waals surface area contributed by atoms with Crippen LogP contribution in [0.4, 0.5) is 0 Å². The molecule has 3 heteroatoms. The third kappa shape index (κ3) is 1.74. The van der Waals surface area contributed by atoms with E-state index in [1.807, 2.05) is 13.0 Å². The van der Waals surface area contributed by atoms with Crippen LogP contribution in [-0.2, 0) is 0 Å². The molecule has 0 aliphatic rings. The number of pyridine rings is 1. The standard InChI is InChI=1S/C11H12N2O/c1-3-10(4-2)13-7-5-6-9(8-12)11(13)14/h3,5-7,10H,1,4H2,2H3/t10-/m1/s1. The lowest BCUT2D eigenvalue weighted by Gasteiger charge is -2.13. The van der Waals surface area contributed by atoms with Crippen molar-refractivity contribution in [2.24, 2.45) is 0 Å². The van der Waals surface area contributed by atoms with Gasteiger partial charge in [0.2, 0.25) is 0 Å². The highest BCUT2D eigenvalue weighted by molar-refractivity contribution is 5.25. The van der Waals surface area contributed by atoms with Gasteiger partial charge in [0.25, 0.3) is 5.56 Å². The summed E-state index contributed by atoms with van der Waals surface area (Å²) in [6.07, 6.45) is 4.18. The van der Waals surface area contributed by atoms with E-state index in [4.69, 9.17) is 5.26 Å². The molecular formula is C11H12N2O. The first-order chi connectivity index (χ1) is 6.74. The number of hydrogen-bond donors (Lipinski definition) is 0. The van der Waals surface area contributed by atoms with Crippen molar-refractivity contribution in [2.75, 3.05) is 0 Å². The summed E-state index contributed by atoms with van der Waals surface area (Å²) < 4.78 is 1.53. The molecule has 0 spiro atoms. The van der Waals surface area contributed by atoms with E-state index >= 15 is 0 Å². The SMILES string of the molecule is C=C[C@H](CC)n1cccc(C#N)c1=O. The Balaban J connectivity index is 3.30. The van der Waals surface area contributed by atoms with Crippen molar-refractivity contribution in [2.45, 2.75) is 19.4 Å². The second-order valence-electron chi connectivity index (χ2n) is 2.96. The van der Waals surface area contributed by atoms with E-state index in [0.717, 1.165) is 6.42 Å². The third-order valence-corrected chi connectivity index (χ3v) is 2.14. The maximum absolute atomic E-state index is 11.7. The number of allylic oxidation sites excluding steroid dienone is 1. The van der Waals surface area contributed by atoms with Crippen LogP contribution in [0.5, 0.6) is 0 Å². The van der Waals surface area contributed by atoms with Crippen LogP contribution in [0.3, 0.4) is 0 Å². The Bertz CT molecular complexity index is 426. The van der Waals surface area contributed by atoms with Gasteiger partial charge in [-0.3, -0.25) is 4.79 Å². The van der Waals surface area contributed by atoms with Gasteiger partial charge in [-0.25, -0.2) is 0 Å². The van der Waals surface area contributed by atoms with E-state index in [1.165, 1.54) is 10.6 Å². The lowest BCUT2D eigenvalue weighted by atomic mass is 10.2. The average Bonchev–Trinajstić information content (AvgIpc) is 2.22. The second kappa shape index (κ2) is 4.43. The Hall–Kier alpha value is -1.82. The number of nitrogens with zero attached hydrogens (tertiary/aromatic N) is 2. The van der Waals surface area contributed by atoms with Crippen molar-refractivity contribution >= 4 is 0 Å². The molecular weight excluding hydrogens is 176 g/mol. The summed E-state index contributed by atoms with van der Waals surface area (Å²) in [5.74, 6) is 0. The van der Waals surface area contributed by atoms with E-state index in [2.05, 4.69) is 6.58 Å². The molecule has 0 aromatic carbocycles. The van der Waals surface area contributed by atoms with Crippen molar-refractivity contribution in [3.05, 3.63) is 46.9 Å². The highest BCUT2D eigenvalue weighted by atomic mass is 16.1. The first kappa shape index (κ1) is 10.3. The van der Waals surface area contributed by atoms with Crippen LogP contribution in [0, 0.1) is 11.3 Å². The summed E-state index contributed by atoms with van der Waals surface area (Å²) in [6, 6.07) is 5.06. The number of aromatic nitrogens is 1. The molecule has 0 saturated heterocycles. The minimum Gasteiger partial charge on any atom is -0.308 e. The Kier molecular flexibility index (Phi) is 3.24. The lowest BCUT2D eigenvalue weighted by molar-refractivity contribution is 0.566. The molecule has 0 saturated carbocycles.